The smallest absolute Gasteiger partial charge is 0.294 e. The zero-order valence-corrected chi connectivity index (χ0v) is 18.1. The van der Waals surface area contributed by atoms with Crippen molar-refractivity contribution in [1.82, 2.24) is 30.7 Å². The lowest BCUT2D eigenvalue weighted by Crippen LogP contribution is -3.10. The second kappa shape index (κ2) is 9.56. The second-order valence-electron chi connectivity index (χ2n) is 6.16. The minimum Gasteiger partial charge on any atom is -0.378 e. The van der Waals surface area contributed by atoms with Gasteiger partial charge in [0, 0.05) is 3.57 Å². The average molecular weight is 510 g/mol. The summed E-state index contributed by atoms with van der Waals surface area (Å²) in [5.74, 6) is -0.218. The Hall–Kier alpha value is -2.87. The second-order valence-corrected chi connectivity index (χ2v) is 7.40. The number of quaternary nitrogens is 1. The normalized spacial score (nSPS) is 11.4. The third-order valence-electron chi connectivity index (χ3n) is 4.32. The van der Waals surface area contributed by atoms with Crippen LogP contribution in [0, 0.1) is 3.57 Å². The summed E-state index contributed by atoms with van der Waals surface area (Å²) in [5, 5.41) is 19.4. The van der Waals surface area contributed by atoms with Crippen molar-refractivity contribution in [1.29, 1.82) is 0 Å². The molecule has 2 heterocycles. The van der Waals surface area contributed by atoms with E-state index in [2.05, 4.69) is 72.2 Å². The number of carbonyl (C=O) groups is 1. The Kier molecular flexibility index (Phi) is 6.87. The van der Waals surface area contributed by atoms with E-state index in [1.807, 2.05) is 24.3 Å². The monoisotopic (exact) mass is 510 g/mol. The van der Waals surface area contributed by atoms with Gasteiger partial charge in [-0.1, -0.05) is 17.3 Å². The maximum atomic E-state index is 12.7. The highest BCUT2D eigenvalue weighted by Crippen LogP contribution is 2.15. The van der Waals surface area contributed by atoms with Gasteiger partial charge >= 0.3 is 0 Å². The largest absolute Gasteiger partial charge is 0.378 e. The Morgan fingerprint density at radius 1 is 1.38 bits per heavy atom. The molecule has 2 aromatic heterocycles. The predicted octanol–water partition coefficient (Wildman–Crippen LogP) is 0.0257. The van der Waals surface area contributed by atoms with Crippen LogP contribution < -0.4 is 16.1 Å². The number of nitrogens with two attached hydrogens (primary N) is 1. The fraction of sp³-hybridized carbons (Fsp3) is 0.294. The number of rotatable bonds is 8. The number of nitrogen functional groups attached to an aromatic ring is 1. The number of benzene rings is 1. The van der Waals surface area contributed by atoms with E-state index in [0.29, 0.717) is 12.2 Å². The van der Waals surface area contributed by atoms with Gasteiger partial charge in [0.25, 0.3) is 5.91 Å². The summed E-state index contributed by atoms with van der Waals surface area (Å²) in [4.78, 5) is 13.9. The first-order valence-corrected chi connectivity index (χ1v) is 10.1. The van der Waals surface area contributed by atoms with Crippen molar-refractivity contribution in [3.8, 4) is 5.82 Å². The van der Waals surface area contributed by atoms with Gasteiger partial charge in [-0.2, -0.15) is 9.78 Å². The molecule has 0 unspecified atom stereocenters. The molecule has 0 aliphatic carbocycles. The molecule has 3 rings (SSSR count). The topological polar surface area (TPSA) is 142 Å². The van der Waals surface area contributed by atoms with Gasteiger partial charge < -0.3 is 10.6 Å². The molecule has 0 fully saturated rings. The Morgan fingerprint density at radius 3 is 2.83 bits per heavy atom. The third-order valence-corrected chi connectivity index (χ3v) is 4.99. The maximum Gasteiger partial charge on any atom is 0.294 e. The predicted molar refractivity (Wildman–Crippen MR) is 114 cm³/mol. The van der Waals surface area contributed by atoms with Crippen LogP contribution in [0.25, 0.3) is 5.82 Å². The van der Waals surface area contributed by atoms with Crippen LogP contribution in [0.3, 0.4) is 0 Å². The van der Waals surface area contributed by atoms with Crippen molar-refractivity contribution in [3.63, 3.8) is 0 Å². The summed E-state index contributed by atoms with van der Waals surface area (Å²) in [6, 6.07) is 7.73. The molecular weight excluding hydrogens is 489 g/mol. The first-order chi connectivity index (χ1) is 14.0. The van der Waals surface area contributed by atoms with E-state index in [9.17, 15) is 4.79 Å². The number of halogens is 1. The van der Waals surface area contributed by atoms with Crippen LogP contribution in [-0.4, -0.2) is 50.5 Å². The molecule has 1 aromatic carbocycles. The number of anilines is 1. The van der Waals surface area contributed by atoms with E-state index in [-0.39, 0.29) is 17.3 Å². The number of hydrogen-bond donors (Lipinski definition) is 3. The van der Waals surface area contributed by atoms with Gasteiger partial charge in [0.1, 0.15) is 12.2 Å². The SMILES string of the molecule is CC[NH+](CC)Cc1c(C(=O)NN=Cc2cccc(I)c2)nnn1-c1nonc1N. The van der Waals surface area contributed by atoms with Gasteiger partial charge in [0.05, 0.1) is 19.3 Å². The minimum absolute atomic E-state index is 0.0642. The molecule has 0 saturated heterocycles. The summed E-state index contributed by atoms with van der Waals surface area (Å²) in [7, 11) is 0. The number of amides is 1. The van der Waals surface area contributed by atoms with Gasteiger partial charge in [0.2, 0.25) is 11.6 Å². The van der Waals surface area contributed by atoms with E-state index in [4.69, 9.17) is 5.73 Å². The first-order valence-electron chi connectivity index (χ1n) is 8.99. The molecule has 0 radical (unpaired) electrons. The molecule has 1 amide bonds. The molecule has 11 nitrogen and oxygen atoms in total. The Morgan fingerprint density at radius 2 is 2.17 bits per heavy atom. The Labute approximate surface area is 180 Å². The van der Waals surface area contributed by atoms with Crippen molar-refractivity contribution >= 4 is 40.5 Å². The van der Waals surface area contributed by atoms with Crippen molar-refractivity contribution in [3.05, 3.63) is 44.8 Å². The number of carbonyl (C=O) groups excluding carboxylic acids is 1. The number of nitrogens with one attached hydrogen (secondary N) is 2. The van der Waals surface area contributed by atoms with E-state index in [0.717, 1.165) is 22.2 Å². The standard InChI is InChI=1S/C17H20IN9O2/c1-3-26(4-2)10-13-14(21-25-27(13)16-15(19)23-29-24-16)17(28)22-20-9-11-6-5-7-12(18)8-11/h5-9H,3-4,10H2,1-2H3,(H2,19,23)(H,22,28)/p+1. The van der Waals surface area contributed by atoms with Gasteiger partial charge in [0.15, 0.2) is 5.69 Å². The highest BCUT2D eigenvalue weighted by molar-refractivity contribution is 14.1. The number of hydrazone groups is 1. The van der Waals surface area contributed by atoms with E-state index < -0.39 is 5.91 Å². The summed E-state index contributed by atoms with van der Waals surface area (Å²) in [6.45, 7) is 6.34. The molecular formula is C17H21IN9O2+. The summed E-state index contributed by atoms with van der Waals surface area (Å²) < 4.78 is 7.12. The highest BCUT2D eigenvalue weighted by atomic mass is 127. The van der Waals surface area contributed by atoms with Gasteiger partial charge in [-0.15, -0.1) is 5.10 Å². The Bertz CT molecular complexity index is 1010. The zero-order chi connectivity index (χ0) is 20.8. The van der Waals surface area contributed by atoms with E-state index >= 15 is 0 Å². The molecule has 0 aliphatic rings. The number of hydrogen-bond acceptors (Lipinski definition) is 8. The summed E-state index contributed by atoms with van der Waals surface area (Å²) >= 11 is 2.21. The highest BCUT2D eigenvalue weighted by Gasteiger charge is 2.26. The molecule has 0 atom stereocenters. The molecule has 0 spiro atoms. The molecule has 0 saturated carbocycles. The van der Waals surface area contributed by atoms with Crippen LogP contribution >= 0.6 is 22.6 Å². The van der Waals surface area contributed by atoms with Crippen LogP contribution in [0.4, 0.5) is 5.82 Å². The van der Waals surface area contributed by atoms with E-state index in [1.165, 1.54) is 9.58 Å². The fourth-order valence-electron chi connectivity index (χ4n) is 2.69. The summed E-state index contributed by atoms with van der Waals surface area (Å²) in [5.41, 5.74) is 9.86. The van der Waals surface area contributed by atoms with Gasteiger partial charge in [-0.3, -0.25) is 4.79 Å². The fourth-order valence-corrected chi connectivity index (χ4v) is 3.25. The van der Waals surface area contributed by atoms with Crippen molar-refractivity contribution < 1.29 is 14.3 Å². The number of nitrogens with zero attached hydrogens (tertiary/aromatic N) is 6. The molecule has 29 heavy (non-hydrogen) atoms. The lowest BCUT2D eigenvalue weighted by atomic mass is 10.2. The zero-order valence-electron chi connectivity index (χ0n) is 16.0. The average Bonchev–Trinajstić information content (AvgIpc) is 3.31. The molecule has 3 aromatic rings. The lowest BCUT2D eigenvalue weighted by molar-refractivity contribution is -0.910. The minimum atomic E-state index is -0.477. The van der Waals surface area contributed by atoms with Crippen molar-refractivity contribution in [2.24, 2.45) is 5.10 Å². The van der Waals surface area contributed by atoms with Crippen LogP contribution in [-0.2, 0) is 6.54 Å². The third kappa shape index (κ3) is 4.95. The molecule has 12 heteroatoms. The maximum absolute atomic E-state index is 12.7. The van der Waals surface area contributed by atoms with Crippen LogP contribution in [0.5, 0.6) is 0 Å². The van der Waals surface area contributed by atoms with Crippen molar-refractivity contribution in [2.45, 2.75) is 20.4 Å². The lowest BCUT2D eigenvalue weighted by Gasteiger charge is -2.15. The van der Waals surface area contributed by atoms with Gasteiger partial charge in [-0.05, 0) is 64.4 Å². The molecule has 0 aliphatic heterocycles. The Balaban J connectivity index is 1.86. The van der Waals surface area contributed by atoms with Crippen molar-refractivity contribution in [2.75, 3.05) is 18.8 Å². The summed E-state index contributed by atoms with van der Waals surface area (Å²) in [6.07, 6.45) is 1.57. The quantitative estimate of drug-likeness (QED) is 0.221. The van der Waals surface area contributed by atoms with Crippen LogP contribution in [0.1, 0.15) is 35.6 Å². The van der Waals surface area contributed by atoms with Gasteiger partial charge in [-0.25, -0.2) is 10.1 Å². The molecule has 152 valence electrons. The number of aromatic nitrogens is 5. The molecule has 0 bridgehead atoms. The first kappa shape index (κ1) is 20.9. The van der Waals surface area contributed by atoms with E-state index in [1.54, 1.807) is 6.21 Å². The van der Waals surface area contributed by atoms with Crippen LogP contribution in [0.15, 0.2) is 34.0 Å². The van der Waals surface area contributed by atoms with Crippen LogP contribution in [0.2, 0.25) is 0 Å². The molecule has 4 N–H and O–H groups in total.